The number of nitrogens with zero attached hydrogens (tertiary/aromatic N) is 2. The Labute approximate surface area is 150 Å². The molecule has 0 saturated carbocycles. The number of hydrogen-bond acceptors (Lipinski definition) is 4. The van der Waals surface area contributed by atoms with E-state index in [4.69, 9.17) is 4.74 Å². The molecule has 2 amide bonds. The number of ether oxygens (including phenoxy) is 1. The normalized spacial score (nSPS) is 16.9. The largest absolute Gasteiger partial charge is 0.497 e. The van der Waals surface area contributed by atoms with Gasteiger partial charge in [-0.15, -0.1) is 0 Å². The minimum Gasteiger partial charge on any atom is -0.497 e. The first-order chi connectivity index (χ1) is 12.6. The molecule has 2 N–H and O–H groups in total. The number of aromatic nitrogens is 2. The summed E-state index contributed by atoms with van der Waals surface area (Å²) in [5, 5.41) is 2.89. The van der Waals surface area contributed by atoms with E-state index in [1.54, 1.807) is 36.5 Å². The summed E-state index contributed by atoms with van der Waals surface area (Å²) < 4.78 is 5.13. The highest BCUT2D eigenvalue weighted by molar-refractivity contribution is 6.03. The van der Waals surface area contributed by atoms with Gasteiger partial charge in [-0.05, 0) is 42.5 Å². The number of carbonyl (C=O) groups excluding carboxylic acids is 2. The van der Waals surface area contributed by atoms with Crippen molar-refractivity contribution in [2.45, 2.75) is 6.42 Å². The quantitative estimate of drug-likeness (QED) is 0.757. The zero-order valence-electron chi connectivity index (χ0n) is 14.2. The molecule has 0 spiro atoms. The molecule has 7 heteroatoms. The summed E-state index contributed by atoms with van der Waals surface area (Å²) >= 11 is 0. The van der Waals surface area contributed by atoms with E-state index in [2.05, 4.69) is 15.3 Å². The molecule has 1 fully saturated rings. The molecular formula is C19H18N4O3. The molecule has 26 heavy (non-hydrogen) atoms. The summed E-state index contributed by atoms with van der Waals surface area (Å²) in [5.41, 5.74) is 3.14. The Balaban J connectivity index is 1.45. The fourth-order valence-corrected chi connectivity index (χ4v) is 3.15. The maximum absolute atomic E-state index is 12.6. The summed E-state index contributed by atoms with van der Waals surface area (Å²) in [4.78, 5) is 33.7. The molecule has 4 rings (SSSR count). The van der Waals surface area contributed by atoms with Gasteiger partial charge in [0.15, 0.2) is 0 Å². The molecule has 0 aliphatic carbocycles. The summed E-state index contributed by atoms with van der Waals surface area (Å²) in [7, 11) is 1.59. The second-order valence-electron chi connectivity index (χ2n) is 6.23. The zero-order chi connectivity index (χ0) is 18.1. The van der Waals surface area contributed by atoms with Gasteiger partial charge in [0.1, 0.15) is 5.75 Å². The van der Waals surface area contributed by atoms with Gasteiger partial charge in [0, 0.05) is 24.3 Å². The van der Waals surface area contributed by atoms with Crippen molar-refractivity contribution in [1.29, 1.82) is 0 Å². The van der Waals surface area contributed by atoms with Crippen LogP contribution in [0.25, 0.3) is 11.0 Å². The fourth-order valence-electron chi connectivity index (χ4n) is 3.15. The Hall–Kier alpha value is -3.35. The monoisotopic (exact) mass is 350 g/mol. The highest BCUT2D eigenvalue weighted by Crippen LogP contribution is 2.27. The Morgan fingerprint density at radius 3 is 2.85 bits per heavy atom. The highest BCUT2D eigenvalue weighted by Gasteiger charge is 2.35. The predicted molar refractivity (Wildman–Crippen MR) is 98.2 cm³/mol. The average molecular weight is 350 g/mol. The number of anilines is 2. The van der Waals surface area contributed by atoms with E-state index < -0.39 is 0 Å². The lowest BCUT2D eigenvalue weighted by atomic mass is 10.1. The van der Waals surface area contributed by atoms with Crippen LogP contribution in [0.3, 0.4) is 0 Å². The second-order valence-corrected chi connectivity index (χ2v) is 6.23. The van der Waals surface area contributed by atoms with E-state index in [1.165, 1.54) is 0 Å². The SMILES string of the molecule is COc1ccc(N2CC(C(=O)Nc3ccc4nc[nH]c4c3)CC2=O)cc1. The van der Waals surface area contributed by atoms with Crippen molar-refractivity contribution in [3.8, 4) is 5.75 Å². The van der Waals surface area contributed by atoms with Crippen molar-refractivity contribution in [3.63, 3.8) is 0 Å². The summed E-state index contributed by atoms with van der Waals surface area (Å²) in [6.45, 7) is 0.364. The van der Waals surface area contributed by atoms with Crippen LogP contribution in [0.4, 0.5) is 11.4 Å². The van der Waals surface area contributed by atoms with Gasteiger partial charge in [0.2, 0.25) is 11.8 Å². The smallest absolute Gasteiger partial charge is 0.229 e. The number of methoxy groups -OCH3 is 1. The van der Waals surface area contributed by atoms with Crippen molar-refractivity contribution in [1.82, 2.24) is 9.97 Å². The molecule has 0 bridgehead atoms. The highest BCUT2D eigenvalue weighted by atomic mass is 16.5. The summed E-state index contributed by atoms with van der Waals surface area (Å²) in [5.74, 6) is 0.124. The number of H-pyrrole nitrogens is 1. The predicted octanol–water partition coefficient (Wildman–Crippen LogP) is 2.56. The van der Waals surface area contributed by atoms with E-state index in [1.807, 2.05) is 24.3 Å². The molecule has 1 aliphatic heterocycles. The average Bonchev–Trinajstić information content (AvgIpc) is 3.28. The van der Waals surface area contributed by atoms with Gasteiger partial charge in [-0.1, -0.05) is 0 Å². The lowest BCUT2D eigenvalue weighted by Gasteiger charge is -2.17. The molecule has 2 heterocycles. The van der Waals surface area contributed by atoms with Gasteiger partial charge in [-0.3, -0.25) is 9.59 Å². The van der Waals surface area contributed by atoms with Gasteiger partial charge in [-0.25, -0.2) is 4.98 Å². The number of fused-ring (bicyclic) bond motifs is 1. The van der Waals surface area contributed by atoms with E-state index in [-0.39, 0.29) is 24.2 Å². The molecule has 0 radical (unpaired) electrons. The van der Waals surface area contributed by atoms with Crippen LogP contribution in [0, 0.1) is 5.92 Å². The van der Waals surface area contributed by atoms with Crippen LogP contribution < -0.4 is 15.0 Å². The number of hydrogen-bond donors (Lipinski definition) is 2. The van der Waals surface area contributed by atoms with Crippen LogP contribution >= 0.6 is 0 Å². The first-order valence-electron chi connectivity index (χ1n) is 8.32. The van der Waals surface area contributed by atoms with Crippen LogP contribution in [-0.2, 0) is 9.59 Å². The van der Waals surface area contributed by atoms with Gasteiger partial charge in [0.25, 0.3) is 0 Å². The standard InChI is InChI=1S/C19H18N4O3/c1-26-15-5-3-14(4-6-15)23-10-12(8-18(23)24)19(25)22-13-2-7-16-17(9-13)21-11-20-16/h2-7,9,11-12H,8,10H2,1H3,(H,20,21)(H,22,25). The first-order valence-corrected chi connectivity index (χ1v) is 8.32. The minimum absolute atomic E-state index is 0.0562. The third-order valence-electron chi connectivity index (χ3n) is 4.57. The molecule has 3 aromatic rings. The Morgan fingerprint density at radius 2 is 2.08 bits per heavy atom. The second kappa shape index (κ2) is 6.51. The summed E-state index contributed by atoms with van der Waals surface area (Å²) in [6, 6.07) is 12.7. The lowest BCUT2D eigenvalue weighted by Crippen LogP contribution is -2.28. The number of aromatic amines is 1. The van der Waals surface area contributed by atoms with Crippen molar-refractivity contribution in [3.05, 3.63) is 48.8 Å². The number of carbonyl (C=O) groups is 2. The van der Waals surface area contributed by atoms with Crippen LogP contribution in [0.5, 0.6) is 5.75 Å². The van der Waals surface area contributed by atoms with Crippen LogP contribution in [0.1, 0.15) is 6.42 Å². The van der Waals surface area contributed by atoms with Crippen LogP contribution in [0.2, 0.25) is 0 Å². The van der Waals surface area contributed by atoms with Crippen LogP contribution in [0.15, 0.2) is 48.8 Å². The lowest BCUT2D eigenvalue weighted by molar-refractivity contribution is -0.122. The van der Waals surface area contributed by atoms with Crippen molar-refractivity contribution in [2.24, 2.45) is 5.92 Å². The molecule has 1 unspecified atom stereocenters. The Bertz CT molecular complexity index is 964. The Kier molecular flexibility index (Phi) is 4.04. The first kappa shape index (κ1) is 16.1. The molecule has 1 aromatic heterocycles. The maximum Gasteiger partial charge on any atom is 0.229 e. The third-order valence-corrected chi connectivity index (χ3v) is 4.57. The fraction of sp³-hybridized carbons (Fsp3) is 0.211. The molecule has 1 aliphatic rings. The number of nitrogens with one attached hydrogen (secondary N) is 2. The molecule has 2 aromatic carbocycles. The molecule has 7 nitrogen and oxygen atoms in total. The van der Waals surface area contributed by atoms with Gasteiger partial charge in [-0.2, -0.15) is 0 Å². The third kappa shape index (κ3) is 2.99. The van der Waals surface area contributed by atoms with Gasteiger partial charge in [0.05, 0.1) is 30.4 Å². The molecule has 1 saturated heterocycles. The summed E-state index contributed by atoms with van der Waals surface area (Å²) in [6.07, 6.45) is 1.81. The molecule has 132 valence electrons. The maximum atomic E-state index is 12.6. The molecular weight excluding hydrogens is 332 g/mol. The van der Waals surface area contributed by atoms with E-state index >= 15 is 0 Å². The number of benzene rings is 2. The van der Waals surface area contributed by atoms with Crippen molar-refractivity contribution < 1.29 is 14.3 Å². The minimum atomic E-state index is -0.387. The number of rotatable bonds is 4. The van der Waals surface area contributed by atoms with Crippen LogP contribution in [-0.4, -0.2) is 35.4 Å². The van der Waals surface area contributed by atoms with Crippen molar-refractivity contribution >= 4 is 34.2 Å². The van der Waals surface area contributed by atoms with Gasteiger partial charge >= 0.3 is 0 Å². The zero-order valence-corrected chi connectivity index (χ0v) is 14.2. The van der Waals surface area contributed by atoms with E-state index in [0.717, 1.165) is 22.5 Å². The Morgan fingerprint density at radius 1 is 1.27 bits per heavy atom. The van der Waals surface area contributed by atoms with Crippen molar-refractivity contribution in [2.75, 3.05) is 23.9 Å². The van der Waals surface area contributed by atoms with Gasteiger partial charge < -0.3 is 19.9 Å². The van der Waals surface area contributed by atoms with E-state index in [9.17, 15) is 9.59 Å². The number of amides is 2. The molecule has 1 atom stereocenters. The van der Waals surface area contributed by atoms with E-state index in [0.29, 0.717) is 12.2 Å². The number of imidazole rings is 1. The topological polar surface area (TPSA) is 87.3 Å².